The molecule has 0 bridgehead atoms. The molecule has 0 heterocycles. The van der Waals surface area contributed by atoms with Gasteiger partial charge in [-0.15, -0.1) is 0 Å². The largest absolute Gasteiger partial charge is 0.435 e. The monoisotopic (exact) mass is 183 g/mol. The third-order valence-corrected chi connectivity index (χ3v) is 1.60. The van der Waals surface area contributed by atoms with Crippen LogP contribution in [0.1, 0.15) is 11.1 Å². The lowest BCUT2D eigenvalue weighted by Gasteiger charge is -2.07. The summed E-state index contributed by atoms with van der Waals surface area (Å²) in [6, 6.07) is 4.79. The number of hydrogen-bond acceptors (Lipinski definition) is 1. The molecule has 0 unspecified atom stereocenters. The second-order valence-corrected chi connectivity index (χ2v) is 2.54. The van der Waals surface area contributed by atoms with Gasteiger partial charge >= 0.3 is 6.61 Å². The molecule has 69 valence electrons. The first kappa shape index (κ1) is 9.71. The van der Waals surface area contributed by atoms with Crippen molar-refractivity contribution >= 4 is 0 Å². The molecule has 13 heavy (non-hydrogen) atoms. The predicted molar refractivity (Wildman–Crippen MR) is 45.8 cm³/mol. The summed E-state index contributed by atoms with van der Waals surface area (Å²) in [5, 5.41) is 0. The fourth-order valence-electron chi connectivity index (χ4n) is 0.988. The van der Waals surface area contributed by atoms with Crippen molar-refractivity contribution in [2.75, 3.05) is 0 Å². The first-order valence-corrected chi connectivity index (χ1v) is 3.72. The van der Waals surface area contributed by atoms with Gasteiger partial charge in [-0.05, 0) is 36.3 Å². The Bertz CT molecular complexity index is 308. The lowest BCUT2D eigenvalue weighted by atomic mass is 10.1. The van der Waals surface area contributed by atoms with Crippen LogP contribution in [0.3, 0.4) is 0 Å². The second-order valence-electron chi connectivity index (χ2n) is 2.54. The molecule has 0 saturated carbocycles. The molecular formula is C10H9F2O. The molecule has 0 aliphatic heterocycles. The van der Waals surface area contributed by atoms with Crippen LogP contribution in [0, 0.1) is 13.0 Å². The van der Waals surface area contributed by atoms with Crippen LogP contribution in [0.15, 0.2) is 24.8 Å². The maximum atomic E-state index is 11.8. The minimum absolute atomic E-state index is 0.189. The predicted octanol–water partition coefficient (Wildman–Crippen LogP) is 2.93. The molecule has 0 spiro atoms. The van der Waals surface area contributed by atoms with Gasteiger partial charge in [-0.25, -0.2) is 0 Å². The molecule has 0 aliphatic carbocycles. The second kappa shape index (κ2) is 4.03. The summed E-state index contributed by atoms with van der Waals surface area (Å²) in [5.74, 6) is 0.189. The molecule has 3 heteroatoms. The number of halogens is 2. The Morgan fingerprint density at radius 1 is 1.46 bits per heavy atom. The Kier molecular flexibility index (Phi) is 3.01. The molecule has 0 atom stereocenters. The van der Waals surface area contributed by atoms with Gasteiger partial charge in [0, 0.05) is 0 Å². The van der Waals surface area contributed by atoms with E-state index in [0.717, 1.165) is 5.56 Å². The Morgan fingerprint density at radius 3 is 2.62 bits per heavy atom. The first-order chi connectivity index (χ1) is 6.13. The summed E-state index contributed by atoms with van der Waals surface area (Å²) in [5.41, 5.74) is 1.41. The summed E-state index contributed by atoms with van der Waals surface area (Å²) in [7, 11) is 0. The Morgan fingerprint density at radius 2 is 2.15 bits per heavy atom. The van der Waals surface area contributed by atoms with E-state index in [2.05, 4.69) is 17.4 Å². The van der Waals surface area contributed by atoms with E-state index < -0.39 is 6.61 Å². The van der Waals surface area contributed by atoms with Gasteiger partial charge in [0.15, 0.2) is 0 Å². The topological polar surface area (TPSA) is 9.23 Å². The van der Waals surface area contributed by atoms with Gasteiger partial charge in [0.2, 0.25) is 0 Å². The zero-order chi connectivity index (χ0) is 9.84. The van der Waals surface area contributed by atoms with Crippen LogP contribution in [0.25, 0.3) is 0 Å². The minimum Gasteiger partial charge on any atom is -0.435 e. The minimum atomic E-state index is -2.78. The van der Waals surface area contributed by atoms with Crippen molar-refractivity contribution in [1.82, 2.24) is 0 Å². The highest BCUT2D eigenvalue weighted by Gasteiger charge is 2.06. The van der Waals surface area contributed by atoms with E-state index in [0.29, 0.717) is 5.56 Å². The average molecular weight is 183 g/mol. The highest BCUT2D eigenvalue weighted by atomic mass is 19.3. The standard InChI is InChI=1S/C10H9F2O/c1-3-8-4-5-9(7(2)6-8)13-10(11)12/h4-6,10H,1H2,2H3. The molecule has 1 radical (unpaired) electrons. The van der Waals surface area contributed by atoms with Crippen molar-refractivity contribution in [2.24, 2.45) is 0 Å². The van der Waals surface area contributed by atoms with E-state index in [4.69, 9.17) is 0 Å². The number of rotatable bonds is 3. The molecule has 0 fully saturated rings. The molecule has 0 aliphatic rings. The van der Waals surface area contributed by atoms with Gasteiger partial charge in [0.25, 0.3) is 0 Å². The van der Waals surface area contributed by atoms with Gasteiger partial charge in [0.05, 0.1) is 0 Å². The number of ether oxygens (including phenoxy) is 1. The third kappa shape index (κ3) is 2.54. The van der Waals surface area contributed by atoms with Gasteiger partial charge in [-0.1, -0.05) is 12.6 Å². The number of alkyl halides is 2. The lowest BCUT2D eigenvalue weighted by Crippen LogP contribution is -2.03. The van der Waals surface area contributed by atoms with Crippen molar-refractivity contribution < 1.29 is 13.5 Å². The Labute approximate surface area is 75.6 Å². The molecule has 1 rings (SSSR count). The summed E-state index contributed by atoms with van der Waals surface area (Å²) < 4.78 is 27.9. The number of benzene rings is 1. The molecule has 1 aromatic carbocycles. The maximum absolute atomic E-state index is 11.8. The van der Waals surface area contributed by atoms with Gasteiger partial charge in [0.1, 0.15) is 5.75 Å². The molecule has 0 saturated heterocycles. The first-order valence-electron chi connectivity index (χ1n) is 3.72. The number of hydrogen-bond donors (Lipinski definition) is 0. The van der Waals surface area contributed by atoms with Crippen LogP contribution < -0.4 is 4.74 Å². The van der Waals surface area contributed by atoms with Gasteiger partial charge in [-0.2, -0.15) is 8.78 Å². The van der Waals surface area contributed by atoms with E-state index in [1.807, 2.05) is 0 Å². The van der Waals surface area contributed by atoms with Crippen LogP contribution in [0.5, 0.6) is 5.75 Å². The average Bonchev–Trinajstić information content (AvgIpc) is 2.08. The molecule has 1 nitrogen and oxygen atoms in total. The van der Waals surface area contributed by atoms with E-state index in [1.54, 1.807) is 19.1 Å². The maximum Gasteiger partial charge on any atom is 0.387 e. The van der Waals surface area contributed by atoms with Crippen molar-refractivity contribution in [1.29, 1.82) is 0 Å². The molecular weight excluding hydrogens is 174 g/mol. The Balaban J connectivity index is 2.91. The highest BCUT2D eigenvalue weighted by Crippen LogP contribution is 2.20. The van der Waals surface area contributed by atoms with E-state index in [-0.39, 0.29) is 5.75 Å². The van der Waals surface area contributed by atoms with Gasteiger partial charge in [-0.3, -0.25) is 0 Å². The van der Waals surface area contributed by atoms with E-state index in [1.165, 1.54) is 6.07 Å². The van der Waals surface area contributed by atoms with Crippen LogP contribution in [-0.4, -0.2) is 6.61 Å². The fourth-order valence-corrected chi connectivity index (χ4v) is 0.988. The van der Waals surface area contributed by atoms with Crippen molar-refractivity contribution in [3.05, 3.63) is 42.0 Å². The van der Waals surface area contributed by atoms with Crippen LogP contribution >= 0.6 is 0 Å². The molecule has 1 aromatic rings. The highest BCUT2D eigenvalue weighted by molar-refractivity contribution is 5.38. The van der Waals surface area contributed by atoms with Crippen molar-refractivity contribution in [3.63, 3.8) is 0 Å². The van der Waals surface area contributed by atoms with E-state index >= 15 is 0 Å². The number of aryl methyl sites for hydroxylation is 1. The summed E-state index contributed by atoms with van der Waals surface area (Å²) in [6.45, 7) is 2.36. The summed E-state index contributed by atoms with van der Waals surface area (Å²) in [4.78, 5) is 0. The molecule has 0 N–H and O–H groups in total. The molecule has 0 amide bonds. The SMILES string of the molecule is C=[C]c1ccc(OC(F)F)c(C)c1. The smallest absolute Gasteiger partial charge is 0.387 e. The third-order valence-electron chi connectivity index (χ3n) is 1.60. The lowest BCUT2D eigenvalue weighted by molar-refractivity contribution is -0.0502. The van der Waals surface area contributed by atoms with Crippen LogP contribution in [-0.2, 0) is 0 Å². The summed E-state index contributed by atoms with van der Waals surface area (Å²) >= 11 is 0. The zero-order valence-corrected chi connectivity index (χ0v) is 7.18. The summed E-state index contributed by atoms with van der Waals surface area (Å²) in [6.07, 6.45) is 2.66. The van der Waals surface area contributed by atoms with Crippen molar-refractivity contribution in [2.45, 2.75) is 13.5 Å². The van der Waals surface area contributed by atoms with Crippen LogP contribution in [0.4, 0.5) is 8.78 Å². The zero-order valence-electron chi connectivity index (χ0n) is 7.18. The Hall–Kier alpha value is -1.38. The normalized spacial score (nSPS) is 10.2. The van der Waals surface area contributed by atoms with E-state index in [9.17, 15) is 8.78 Å². The quantitative estimate of drug-likeness (QED) is 0.700. The van der Waals surface area contributed by atoms with Crippen LogP contribution in [0.2, 0.25) is 0 Å². The fraction of sp³-hybridized carbons (Fsp3) is 0.200. The molecule has 0 aromatic heterocycles. The van der Waals surface area contributed by atoms with Gasteiger partial charge < -0.3 is 4.74 Å². The van der Waals surface area contributed by atoms with Crippen molar-refractivity contribution in [3.8, 4) is 5.75 Å².